The summed E-state index contributed by atoms with van der Waals surface area (Å²) in [6.45, 7) is 1.84. The van der Waals surface area contributed by atoms with E-state index in [1.54, 1.807) is 0 Å². The fourth-order valence-electron chi connectivity index (χ4n) is 1.66. The van der Waals surface area contributed by atoms with Crippen LogP contribution in [0.25, 0.3) is 0 Å². The molecular weight excluding hydrogens is 277 g/mol. The van der Waals surface area contributed by atoms with Gasteiger partial charge in [0.1, 0.15) is 6.54 Å². The number of nitrogens with two attached hydrogens (primary N) is 1. The van der Waals surface area contributed by atoms with Crippen LogP contribution in [0.1, 0.15) is 26.7 Å². The maximum atomic E-state index is 12.4. The first-order valence-electron chi connectivity index (χ1n) is 6.24. The van der Waals surface area contributed by atoms with E-state index in [1.807, 2.05) is 13.8 Å². The SMILES string of the molecule is COC(=O)CCN(CC(F)(F)F)C(=O)[C@H](N)CC(C)C. The third-order valence-corrected chi connectivity index (χ3v) is 2.54. The molecule has 0 aromatic rings. The highest BCUT2D eigenvalue weighted by Gasteiger charge is 2.34. The van der Waals surface area contributed by atoms with Gasteiger partial charge in [-0.3, -0.25) is 9.59 Å². The largest absolute Gasteiger partial charge is 0.469 e. The molecule has 0 aliphatic rings. The minimum absolute atomic E-state index is 0.0855. The molecule has 0 heterocycles. The molecule has 0 saturated heterocycles. The van der Waals surface area contributed by atoms with Crippen molar-refractivity contribution in [3.05, 3.63) is 0 Å². The zero-order chi connectivity index (χ0) is 15.9. The van der Waals surface area contributed by atoms with E-state index < -0.39 is 30.6 Å². The number of nitrogens with zero attached hydrogens (tertiary/aromatic N) is 1. The fourth-order valence-corrected chi connectivity index (χ4v) is 1.66. The van der Waals surface area contributed by atoms with Gasteiger partial charge < -0.3 is 15.4 Å². The number of amides is 1. The summed E-state index contributed by atoms with van der Waals surface area (Å²) in [6, 6.07) is -1.00. The van der Waals surface area contributed by atoms with Crippen LogP contribution >= 0.6 is 0 Å². The highest BCUT2D eigenvalue weighted by molar-refractivity contribution is 5.82. The van der Waals surface area contributed by atoms with Crippen molar-refractivity contribution in [2.45, 2.75) is 38.9 Å². The Balaban J connectivity index is 4.73. The van der Waals surface area contributed by atoms with Crippen LogP contribution in [0, 0.1) is 5.92 Å². The highest BCUT2D eigenvalue weighted by atomic mass is 19.4. The second-order valence-electron chi connectivity index (χ2n) is 4.94. The van der Waals surface area contributed by atoms with Gasteiger partial charge in [0, 0.05) is 6.54 Å². The third kappa shape index (κ3) is 7.98. The van der Waals surface area contributed by atoms with Gasteiger partial charge in [0.05, 0.1) is 19.6 Å². The summed E-state index contributed by atoms with van der Waals surface area (Å²) in [6.07, 6.45) is -4.55. The Labute approximate surface area is 116 Å². The summed E-state index contributed by atoms with van der Waals surface area (Å²) in [7, 11) is 1.13. The van der Waals surface area contributed by atoms with Crippen LogP contribution in [0.3, 0.4) is 0 Å². The molecule has 118 valence electrons. The first kappa shape index (κ1) is 18.7. The van der Waals surface area contributed by atoms with Crippen LogP contribution in [0.4, 0.5) is 13.2 Å². The van der Waals surface area contributed by atoms with Gasteiger partial charge >= 0.3 is 12.1 Å². The molecule has 0 unspecified atom stereocenters. The molecule has 0 aliphatic carbocycles. The molecule has 0 aromatic carbocycles. The first-order valence-corrected chi connectivity index (χ1v) is 6.24. The monoisotopic (exact) mass is 298 g/mol. The van der Waals surface area contributed by atoms with E-state index in [0.29, 0.717) is 4.90 Å². The van der Waals surface area contributed by atoms with E-state index in [2.05, 4.69) is 4.74 Å². The summed E-state index contributed by atoms with van der Waals surface area (Å²) in [5.74, 6) is -1.40. The molecule has 1 atom stereocenters. The number of methoxy groups -OCH3 is 1. The van der Waals surface area contributed by atoms with E-state index >= 15 is 0 Å². The van der Waals surface area contributed by atoms with Crippen LogP contribution in [0.5, 0.6) is 0 Å². The highest BCUT2D eigenvalue weighted by Crippen LogP contribution is 2.18. The molecule has 0 fully saturated rings. The molecule has 0 bridgehead atoms. The second kappa shape index (κ2) is 8.08. The quantitative estimate of drug-likeness (QED) is 0.719. The molecule has 0 spiro atoms. The van der Waals surface area contributed by atoms with Crippen molar-refractivity contribution in [1.82, 2.24) is 4.90 Å². The van der Waals surface area contributed by atoms with Crippen molar-refractivity contribution in [2.24, 2.45) is 11.7 Å². The van der Waals surface area contributed by atoms with Gasteiger partial charge in [-0.15, -0.1) is 0 Å². The Morgan fingerprint density at radius 1 is 1.30 bits per heavy atom. The zero-order valence-corrected chi connectivity index (χ0v) is 11.9. The Bertz CT molecular complexity index is 332. The minimum atomic E-state index is -4.54. The number of ether oxygens (including phenoxy) is 1. The molecule has 0 rings (SSSR count). The Morgan fingerprint density at radius 2 is 1.85 bits per heavy atom. The van der Waals surface area contributed by atoms with E-state index in [-0.39, 0.29) is 25.3 Å². The lowest BCUT2D eigenvalue weighted by Gasteiger charge is -2.27. The standard InChI is InChI=1S/C12H21F3N2O3/c1-8(2)6-9(16)11(19)17(7-12(13,14)15)5-4-10(18)20-3/h8-9H,4-7,16H2,1-3H3/t9-/m1/s1. The van der Waals surface area contributed by atoms with Gasteiger partial charge in [-0.2, -0.15) is 13.2 Å². The number of esters is 1. The molecule has 20 heavy (non-hydrogen) atoms. The average molecular weight is 298 g/mol. The number of carbonyl (C=O) groups is 2. The van der Waals surface area contributed by atoms with Gasteiger partial charge in [0.2, 0.25) is 5.91 Å². The van der Waals surface area contributed by atoms with Crippen LogP contribution in [0.15, 0.2) is 0 Å². The topological polar surface area (TPSA) is 72.6 Å². The van der Waals surface area contributed by atoms with Gasteiger partial charge in [0.15, 0.2) is 0 Å². The van der Waals surface area contributed by atoms with Gasteiger partial charge in [-0.05, 0) is 12.3 Å². The van der Waals surface area contributed by atoms with Crippen molar-refractivity contribution in [2.75, 3.05) is 20.2 Å². The summed E-state index contributed by atoms with van der Waals surface area (Å²) in [4.78, 5) is 23.4. The number of hydrogen-bond donors (Lipinski definition) is 1. The van der Waals surface area contributed by atoms with Gasteiger partial charge in [0.25, 0.3) is 0 Å². The molecular formula is C12H21F3N2O3. The molecule has 8 heteroatoms. The lowest BCUT2D eigenvalue weighted by molar-refractivity contribution is -0.163. The van der Waals surface area contributed by atoms with E-state index in [4.69, 9.17) is 5.73 Å². The molecule has 5 nitrogen and oxygen atoms in total. The maximum Gasteiger partial charge on any atom is 0.406 e. The summed E-state index contributed by atoms with van der Waals surface area (Å²) >= 11 is 0. The molecule has 1 amide bonds. The van der Waals surface area contributed by atoms with Gasteiger partial charge in [-0.1, -0.05) is 13.8 Å². The lowest BCUT2D eigenvalue weighted by atomic mass is 10.0. The van der Waals surface area contributed by atoms with Crippen molar-refractivity contribution in [3.8, 4) is 0 Å². The minimum Gasteiger partial charge on any atom is -0.469 e. The predicted molar refractivity (Wildman–Crippen MR) is 66.7 cm³/mol. The van der Waals surface area contributed by atoms with E-state index in [9.17, 15) is 22.8 Å². The van der Waals surface area contributed by atoms with Gasteiger partial charge in [-0.25, -0.2) is 0 Å². The summed E-state index contributed by atoms with van der Waals surface area (Å²) in [5.41, 5.74) is 5.60. The molecule has 2 N–H and O–H groups in total. The number of alkyl halides is 3. The smallest absolute Gasteiger partial charge is 0.406 e. The van der Waals surface area contributed by atoms with Crippen LogP contribution < -0.4 is 5.73 Å². The Kier molecular flexibility index (Phi) is 7.55. The van der Waals surface area contributed by atoms with Crippen LogP contribution in [-0.4, -0.2) is 49.2 Å². The lowest BCUT2D eigenvalue weighted by Crippen LogP contribution is -2.48. The van der Waals surface area contributed by atoms with Crippen molar-refractivity contribution < 1.29 is 27.5 Å². The number of carbonyl (C=O) groups excluding carboxylic acids is 2. The molecule has 0 aliphatic heterocycles. The van der Waals surface area contributed by atoms with Crippen molar-refractivity contribution in [1.29, 1.82) is 0 Å². The predicted octanol–water partition coefficient (Wildman–Crippen LogP) is 1.31. The molecule has 0 radical (unpaired) electrons. The number of halogens is 3. The van der Waals surface area contributed by atoms with E-state index in [1.165, 1.54) is 0 Å². The maximum absolute atomic E-state index is 12.4. The third-order valence-electron chi connectivity index (χ3n) is 2.54. The zero-order valence-electron chi connectivity index (χ0n) is 11.9. The number of rotatable bonds is 7. The Morgan fingerprint density at radius 3 is 2.25 bits per heavy atom. The van der Waals surface area contributed by atoms with Crippen LogP contribution in [-0.2, 0) is 14.3 Å². The molecule has 0 aromatic heterocycles. The van der Waals surface area contributed by atoms with Crippen molar-refractivity contribution >= 4 is 11.9 Å². The average Bonchev–Trinajstić information content (AvgIpc) is 2.30. The summed E-state index contributed by atoms with van der Waals surface area (Å²) in [5, 5.41) is 0. The Hall–Kier alpha value is -1.31. The molecule has 0 saturated carbocycles. The first-order chi connectivity index (χ1) is 9.06. The fraction of sp³-hybridized carbons (Fsp3) is 0.833. The van der Waals surface area contributed by atoms with Crippen LogP contribution in [0.2, 0.25) is 0 Å². The second-order valence-corrected chi connectivity index (χ2v) is 4.94. The van der Waals surface area contributed by atoms with Crippen molar-refractivity contribution in [3.63, 3.8) is 0 Å². The number of hydrogen-bond acceptors (Lipinski definition) is 4. The normalized spacial score (nSPS) is 13.2. The van der Waals surface area contributed by atoms with E-state index in [0.717, 1.165) is 7.11 Å². The summed E-state index contributed by atoms with van der Waals surface area (Å²) < 4.78 is 41.7.